The number of carbonyl (C=O) groups excluding carboxylic acids is 1. The van der Waals surface area contributed by atoms with Crippen molar-refractivity contribution in [3.8, 4) is 11.5 Å². The summed E-state index contributed by atoms with van der Waals surface area (Å²) in [5.74, 6) is 0.299. The molecule has 8 heteroatoms. The number of benzene rings is 2. The van der Waals surface area contributed by atoms with Crippen molar-refractivity contribution in [2.45, 2.75) is 39.7 Å². The average molecular weight is 503 g/mol. The lowest BCUT2D eigenvalue weighted by atomic mass is 9.98. The molecule has 190 valence electrons. The highest BCUT2D eigenvalue weighted by Gasteiger charge is 2.44. The molecular formula is C29H27FN2O5. The molecule has 2 aromatic carbocycles. The first-order chi connectivity index (χ1) is 17.9. The van der Waals surface area contributed by atoms with E-state index in [-0.39, 0.29) is 22.3 Å². The molecule has 0 radical (unpaired) electrons. The zero-order valence-corrected chi connectivity index (χ0v) is 20.9. The van der Waals surface area contributed by atoms with Crippen molar-refractivity contribution in [2.75, 3.05) is 18.1 Å². The van der Waals surface area contributed by atoms with Crippen molar-refractivity contribution in [3.05, 3.63) is 93.2 Å². The number of anilines is 1. The summed E-state index contributed by atoms with van der Waals surface area (Å²) in [5, 5.41) is 0.0693. The fraction of sp³-hybridized carbons (Fsp3) is 0.276. The number of pyridine rings is 1. The van der Waals surface area contributed by atoms with Crippen LogP contribution in [-0.4, -0.2) is 24.1 Å². The quantitative estimate of drug-likeness (QED) is 0.277. The number of rotatable bonds is 8. The largest absolute Gasteiger partial charge is 0.490 e. The van der Waals surface area contributed by atoms with Gasteiger partial charge in [-0.1, -0.05) is 25.5 Å². The van der Waals surface area contributed by atoms with Gasteiger partial charge in [0.2, 0.25) is 5.76 Å². The number of aromatic nitrogens is 1. The van der Waals surface area contributed by atoms with Crippen LogP contribution < -0.4 is 19.8 Å². The Labute approximate surface area is 213 Å². The van der Waals surface area contributed by atoms with E-state index in [1.165, 1.54) is 17.0 Å². The number of fused-ring (bicyclic) bond motifs is 2. The molecule has 0 saturated carbocycles. The second kappa shape index (κ2) is 10.0. The van der Waals surface area contributed by atoms with E-state index in [4.69, 9.17) is 13.9 Å². The number of hydrogen-bond acceptors (Lipinski definition) is 6. The van der Waals surface area contributed by atoms with Gasteiger partial charge in [-0.3, -0.25) is 14.5 Å². The van der Waals surface area contributed by atoms with E-state index in [1.54, 1.807) is 30.5 Å². The molecule has 37 heavy (non-hydrogen) atoms. The lowest BCUT2D eigenvalue weighted by Crippen LogP contribution is -2.30. The van der Waals surface area contributed by atoms with Crippen LogP contribution in [0.5, 0.6) is 11.5 Å². The van der Waals surface area contributed by atoms with Gasteiger partial charge in [-0.25, -0.2) is 9.37 Å². The smallest absolute Gasteiger partial charge is 0.296 e. The molecule has 2 aromatic heterocycles. The summed E-state index contributed by atoms with van der Waals surface area (Å²) in [6.45, 7) is 6.80. The van der Waals surface area contributed by atoms with Gasteiger partial charge < -0.3 is 13.9 Å². The minimum absolute atomic E-state index is 0.0693. The molecule has 1 amide bonds. The zero-order chi connectivity index (χ0) is 26.1. The highest BCUT2D eigenvalue weighted by Crippen LogP contribution is 2.43. The molecular weight excluding hydrogens is 475 g/mol. The third-order valence-electron chi connectivity index (χ3n) is 6.31. The number of ether oxygens (including phenoxy) is 2. The molecule has 0 N–H and O–H groups in total. The second-order valence-electron chi connectivity index (χ2n) is 8.93. The Balaban J connectivity index is 1.71. The highest BCUT2D eigenvalue weighted by atomic mass is 19.1. The molecule has 0 saturated heterocycles. The summed E-state index contributed by atoms with van der Waals surface area (Å²) in [6.07, 6.45) is 3.54. The van der Waals surface area contributed by atoms with E-state index in [9.17, 15) is 14.0 Å². The van der Waals surface area contributed by atoms with Gasteiger partial charge in [-0.15, -0.1) is 0 Å². The van der Waals surface area contributed by atoms with E-state index >= 15 is 0 Å². The van der Waals surface area contributed by atoms with E-state index in [1.807, 2.05) is 19.9 Å². The van der Waals surface area contributed by atoms with Crippen LogP contribution in [0.1, 0.15) is 60.0 Å². The lowest BCUT2D eigenvalue weighted by molar-refractivity contribution is 0.0970. The molecule has 0 fully saturated rings. The van der Waals surface area contributed by atoms with Gasteiger partial charge in [0.1, 0.15) is 17.2 Å². The van der Waals surface area contributed by atoms with Crippen LogP contribution >= 0.6 is 0 Å². The Morgan fingerprint density at radius 2 is 1.86 bits per heavy atom. The number of hydrogen-bond donors (Lipinski definition) is 0. The van der Waals surface area contributed by atoms with Crippen LogP contribution in [0.25, 0.3) is 11.0 Å². The number of aryl methyl sites for hydroxylation is 1. The summed E-state index contributed by atoms with van der Waals surface area (Å²) in [6, 6.07) is 11.7. The maximum absolute atomic E-state index is 14.1. The Hall–Kier alpha value is -4.20. The molecule has 1 unspecified atom stereocenters. The van der Waals surface area contributed by atoms with Crippen LogP contribution in [0.15, 0.2) is 63.9 Å². The maximum Gasteiger partial charge on any atom is 0.296 e. The van der Waals surface area contributed by atoms with E-state index < -0.39 is 23.2 Å². The summed E-state index contributed by atoms with van der Waals surface area (Å²) < 4.78 is 31.7. The fourth-order valence-electron chi connectivity index (χ4n) is 4.51. The fourth-order valence-corrected chi connectivity index (χ4v) is 4.51. The number of carbonyl (C=O) groups is 1. The molecule has 7 nitrogen and oxygen atoms in total. The van der Waals surface area contributed by atoms with Gasteiger partial charge >= 0.3 is 0 Å². The Kier molecular flexibility index (Phi) is 6.65. The minimum Gasteiger partial charge on any atom is -0.490 e. The summed E-state index contributed by atoms with van der Waals surface area (Å²) in [7, 11) is 0. The molecule has 5 rings (SSSR count). The van der Waals surface area contributed by atoms with Crippen LogP contribution in [0, 0.1) is 12.7 Å². The molecule has 1 aliphatic heterocycles. The third-order valence-corrected chi connectivity index (χ3v) is 6.31. The first kappa shape index (κ1) is 24.5. The highest BCUT2D eigenvalue weighted by molar-refractivity contribution is 6.10. The Morgan fingerprint density at radius 3 is 2.59 bits per heavy atom. The van der Waals surface area contributed by atoms with Gasteiger partial charge in [-0.05, 0) is 67.8 Å². The number of halogens is 1. The second-order valence-corrected chi connectivity index (χ2v) is 8.93. The molecule has 0 aliphatic carbocycles. The molecule has 0 spiro atoms. The van der Waals surface area contributed by atoms with Crippen molar-refractivity contribution >= 4 is 22.7 Å². The van der Waals surface area contributed by atoms with Gasteiger partial charge in [0.25, 0.3) is 5.91 Å². The predicted molar refractivity (Wildman–Crippen MR) is 138 cm³/mol. The minimum atomic E-state index is -0.856. The molecule has 3 heterocycles. The maximum atomic E-state index is 14.1. The zero-order valence-electron chi connectivity index (χ0n) is 20.9. The SMILES string of the molecule is CCCCOc1ccc(C2c3c(oc4ccc(F)cc4c3=O)C(=O)N2c2ccc(C)cn2)cc1OCC. The normalized spacial score (nSPS) is 14.8. The number of amides is 1. The predicted octanol–water partition coefficient (Wildman–Crippen LogP) is 5.96. The van der Waals surface area contributed by atoms with Crippen LogP contribution in [-0.2, 0) is 0 Å². The van der Waals surface area contributed by atoms with Crippen LogP contribution in [0.4, 0.5) is 10.2 Å². The van der Waals surface area contributed by atoms with E-state index in [0.29, 0.717) is 36.1 Å². The van der Waals surface area contributed by atoms with Crippen molar-refractivity contribution in [3.63, 3.8) is 0 Å². The molecule has 4 aromatic rings. The van der Waals surface area contributed by atoms with Crippen molar-refractivity contribution in [1.29, 1.82) is 0 Å². The Morgan fingerprint density at radius 1 is 1.03 bits per heavy atom. The molecule has 1 aliphatic rings. The average Bonchev–Trinajstić information content (AvgIpc) is 3.18. The van der Waals surface area contributed by atoms with Gasteiger partial charge in [0.05, 0.1) is 30.2 Å². The van der Waals surface area contributed by atoms with Gasteiger partial charge in [0.15, 0.2) is 16.9 Å². The summed E-state index contributed by atoms with van der Waals surface area (Å²) >= 11 is 0. The molecule has 0 bridgehead atoms. The monoisotopic (exact) mass is 502 g/mol. The van der Waals surface area contributed by atoms with E-state index in [0.717, 1.165) is 24.5 Å². The van der Waals surface area contributed by atoms with Gasteiger partial charge in [-0.2, -0.15) is 0 Å². The standard InChI is InChI=1S/C29H27FN2O5/c1-4-6-13-36-22-10-8-18(14-23(22)35-5-2)26-25-27(33)20-15-19(30)9-11-21(20)37-28(25)29(34)32(26)24-12-7-17(3)16-31-24/h7-12,14-16,26H,4-6,13H2,1-3H3. The Bertz CT molecular complexity index is 1530. The lowest BCUT2D eigenvalue weighted by Gasteiger charge is -2.25. The van der Waals surface area contributed by atoms with Gasteiger partial charge in [0, 0.05) is 6.20 Å². The summed E-state index contributed by atoms with van der Waals surface area (Å²) in [5.41, 5.74) is 1.35. The van der Waals surface area contributed by atoms with Crippen molar-refractivity contribution < 1.29 is 23.1 Å². The third kappa shape index (κ3) is 4.43. The van der Waals surface area contributed by atoms with Crippen LogP contribution in [0.3, 0.4) is 0 Å². The first-order valence-electron chi connectivity index (χ1n) is 12.3. The van der Waals surface area contributed by atoms with Crippen molar-refractivity contribution in [2.24, 2.45) is 0 Å². The number of nitrogens with zero attached hydrogens (tertiary/aromatic N) is 2. The van der Waals surface area contributed by atoms with Crippen LogP contribution in [0.2, 0.25) is 0 Å². The summed E-state index contributed by atoms with van der Waals surface area (Å²) in [4.78, 5) is 33.3. The number of unbranched alkanes of at least 4 members (excludes halogenated alkanes) is 1. The molecule has 1 atom stereocenters. The van der Waals surface area contributed by atoms with Crippen molar-refractivity contribution in [1.82, 2.24) is 4.98 Å². The van der Waals surface area contributed by atoms with E-state index in [2.05, 4.69) is 11.9 Å². The topological polar surface area (TPSA) is 81.9 Å². The first-order valence-corrected chi connectivity index (χ1v) is 12.3.